The molecule has 0 saturated carbocycles. The molecule has 184 valence electrons. The number of hydrogen-bond acceptors (Lipinski definition) is 5. The molecule has 8 heteroatoms. The van der Waals surface area contributed by atoms with Crippen molar-refractivity contribution in [2.75, 3.05) is 18.1 Å². The summed E-state index contributed by atoms with van der Waals surface area (Å²) in [4.78, 5) is 41.8. The summed E-state index contributed by atoms with van der Waals surface area (Å²) in [7, 11) is 0. The predicted molar refractivity (Wildman–Crippen MR) is 139 cm³/mol. The average molecular weight is 494 g/mol. The first-order valence-corrected chi connectivity index (χ1v) is 12.3. The second-order valence-electron chi connectivity index (χ2n) is 8.88. The monoisotopic (exact) mass is 493 g/mol. The van der Waals surface area contributed by atoms with E-state index in [4.69, 9.17) is 4.74 Å². The molecule has 0 aliphatic rings. The first-order valence-electron chi connectivity index (χ1n) is 11.4. The standard InChI is InChI=1S/C27H31N3O4S/c1-5-34-21-15-10-9-14-20(21)30(23(31)18-28-25(32)22-16-11-17-35-22)24(19-12-7-6-8-13-19)26(33)29-27(2,3)4/h6-17,24H,5,18H2,1-4H3,(H,28,32)(H,29,33)/t24-/m1/s1. The van der Waals surface area contributed by atoms with E-state index in [-0.39, 0.29) is 18.4 Å². The molecule has 0 unspecified atom stereocenters. The maximum absolute atomic E-state index is 13.7. The van der Waals surface area contributed by atoms with Gasteiger partial charge in [0.05, 0.1) is 23.7 Å². The Hall–Kier alpha value is -3.65. The Morgan fingerprint density at radius 3 is 2.29 bits per heavy atom. The summed E-state index contributed by atoms with van der Waals surface area (Å²) < 4.78 is 5.81. The van der Waals surface area contributed by atoms with Gasteiger partial charge in [-0.25, -0.2) is 0 Å². The number of benzene rings is 2. The number of thiophene rings is 1. The maximum atomic E-state index is 13.7. The summed E-state index contributed by atoms with van der Waals surface area (Å²) in [6.45, 7) is 7.60. The first-order chi connectivity index (χ1) is 16.7. The van der Waals surface area contributed by atoms with Gasteiger partial charge >= 0.3 is 0 Å². The van der Waals surface area contributed by atoms with Crippen molar-refractivity contribution in [2.45, 2.75) is 39.3 Å². The molecule has 0 aliphatic carbocycles. The van der Waals surface area contributed by atoms with Gasteiger partial charge in [0.1, 0.15) is 11.8 Å². The van der Waals surface area contributed by atoms with E-state index in [0.29, 0.717) is 28.5 Å². The van der Waals surface area contributed by atoms with Crippen molar-refractivity contribution in [1.82, 2.24) is 10.6 Å². The second-order valence-corrected chi connectivity index (χ2v) is 9.82. The lowest BCUT2D eigenvalue weighted by atomic mass is 10.0. The highest BCUT2D eigenvalue weighted by Crippen LogP contribution is 2.35. The van der Waals surface area contributed by atoms with Crippen LogP contribution in [0.2, 0.25) is 0 Å². The van der Waals surface area contributed by atoms with E-state index >= 15 is 0 Å². The molecule has 0 spiro atoms. The molecule has 3 rings (SSSR count). The molecule has 0 bridgehead atoms. The molecule has 7 nitrogen and oxygen atoms in total. The molecule has 0 radical (unpaired) electrons. The molecule has 1 heterocycles. The molecule has 3 amide bonds. The van der Waals surface area contributed by atoms with E-state index < -0.39 is 17.5 Å². The maximum Gasteiger partial charge on any atom is 0.261 e. The number of anilines is 1. The van der Waals surface area contributed by atoms with Gasteiger partial charge in [-0.3, -0.25) is 19.3 Å². The van der Waals surface area contributed by atoms with Crippen molar-refractivity contribution in [3.8, 4) is 5.75 Å². The fourth-order valence-electron chi connectivity index (χ4n) is 3.58. The Balaban J connectivity index is 2.06. The van der Waals surface area contributed by atoms with E-state index in [1.165, 1.54) is 16.2 Å². The number of ether oxygens (including phenoxy) is 1. The fourth-order valence-corrected chi connectivity index (χ4v) is 4.22. The van der Waals surface area contributed by atoms with Crippen LogP contribution in [-0.4, -0.2) is 36.4 Å². The van der Waals surface area contributed by atoms with Crippen LogP contribution < -0.4 is 20.3 Å². The molecule has 2 aromatic carbocycles. The van der Waals surface area contributed by atoms with E-state index in [1.807, 2.05) is 52.0 Å². The number of nitrogens with zero attached hydrogens (tertiary/aromatic N) is 1. The molecule has 2 N–H and O–H groups in total. The van der Waals surface area contributed by atoms with Crippen molar-refractivity contribution in [3.63, 3.8) is 0 Å². The van der Waals surface area contributed by atoms with Crippen LogP contribution in [0.15, 0.2) is 72.1 Å². The number of amides is 3. The summed E-state index contributed by atoms with van der Waals surface area (Å²) in [6, 6.07) is 18.7. The summed E-state index contributed by atoms with van der Waals surface area (Å²) in [5.74, 6) is -0.660. The molecule has 1 atom stereocenters. The highest BCUT2D eigenvalue weighted by molar-refractivity contribution is 7.12. The number of hydrogen-bond donors (Lipinski definition) is 2. The largest absolute Gasteiger partial charge is 0.492 e. The Kier molecular flexibility index (Phi) is 8.65. The minimum atomic E-state index is -0.983. The lowest BCUT2D eigenvalue weighted by Gasteiger charge is -2.34. The van der Waals surface area contributed by atoms with E-state index in [0.717, 1.165) is 0 Å². The molecule has 0 aliphatic heterocycles. The molecule has 0 saturated heterocycles. The van der Waals surface area contributed by atoms with Crippen molar-refractivity contribution >= 4 is 34.7 Å². The van der Waals surface area contributed by atoms with Crippen molar-refractivity contribution < 1.29 is 19.1 Å². The van der Waals surface area contributed by atoms with Gasteiger partial charge < -0.3 is 15.4 Å². The number of nitrogens with one attached hydrogen (secondary N) is 2. The van der Waals surface area contributed by atoms with E-state index in [2.05, 4.69) is 10.6 Å². The fraction of sp³-hybridized carbons (Fsp3) is 0.296. The zero-order valence-electron chi connectivity index (χ0n) is 20.4. The van der Waals surface area contributed by atoms with E-state index in [1.54, 1.807) is 47.8 Å². The van der Waals surface area contributed by atoms with Gasteiger partial charge in [-0.1, -0.05) is 48.5 Å². The van der Waals surface area contributed by atoms with Gasteiger partial charge in [-0.2, -0.15) is 0 Å². The number of carbonyl (C=O) groups is 3. The summed E-state index contributed by atoms with van der Waals surface area (Å²) in [5.41, 5.74) is 0.562. The van der Waals surface area contributed by atoms with Gasteiger partial charge in [-0.15, -0.1) is 11.3 Å². The van der Waals surface area contributed by atoms with Gasteiger partial charge in [0, 0.05) is 5.54 Å². The smallest absolute Gasteiger partial charge is 0.261 e. The van der Waals surface area contributed by atoms with Crippen molar-refractivity contribution in [1.29, 1.82) is 0 Å². The molecular formula is C27H31N3O4S. The summed E-state index contributed by atoms with van der Waals surface area (Å²) in [6.07, 6.45) is 0. The lowest BCUT2D eigenvalue weighted by molar-refractivity contribution is -0.127. The predicted octanol–water partition coefficient (Wildman–Crippen LogP) is 4.57. The highest BCUT2D eigenvalue weighted by Gasteiger charge is 2.35. The van der Waals surface area contributed by atoms with Crippen LogP contribution in [0.5, 0.6) is 5.75 Å². The van der Waals surface area contributed by atoms with Crippen LogP contribution in [0, 0.1) is 0 Å². The highest BCUT2D eigenvalue weighted by atomic mass is 32.1. The van der Waals surface area contributed by atoms with Crippen LogP contribution in [-0.2, 0) is 9.59 Å². The zero-order valence-corrected chi connectivity index (χ0v) is 21.2. The molecule has 3 aromatic rings. The Morgan fingerprint density at radius 1 is 0.971 bits per heavy atom. The third kappa shape index (κ3) is 6.93. The first kappa shape index (κ1) is 26.0. The van der Waals surface area contributed by atoms with E-state index in [9.17, 15) is 14.4 Å². The number of carbonyl (C=O) groups excluding carboxylic acids is 3. The van der Waals surface area contributed by atoms with Crippen LogP contribution in [0.4, 0.5) is 5.69 Å². The lowest BCUT2D eigenvalue weighted by Crippen LogP contribution is -2.51. The number of para-hydroxylation sites is 2. The van der Waals surface area contributed by atoms with Crippen LogP contribution in [0.3, 0.4) is 0 Å². The van der Waals surface area contributed by atoms with Gasteiger partial charge in [0.15, 0.2) is 0 Å². The summed E-state index contributed by atoms with van der Waals surface area (Å²) in [5, 5.41) is 7.49. The average Bonchev–Trinajstić information content (AvgIpc) is 3.36. The normalized spacial score (nSPS) is 11.9. The van der Waals surface area contributed by atoms with Crippen molar-refractivity contribution in [3.05, 3.63) is 82.6 Å². The summed E-state index contributed by atoms with van der Waals surface area (Å²) >= 11 is 1.29. The van der Waals surface area contributed by atoms with Gasteiger partial charge in [0.2, 0.25) is 11.8 Å². The molecule has 35 heavy (non-hydrogen) atoms. The zero-order chi connectivity index (χ0) is 25.4. The van der Waals surface area contributed by atoms with Gasteiger partial charge in [-0.05, 0) is 56.8 Å². The topological polar surface area (TPSA) is 87.7 Å². The molecule has 1 aromatic heterocycles. The van der Waals surface area contributed by atoms with Crippen LogP contribution >= 0.6 is 11.3 Å². The number of rotatable bonds is 9. The SMILES string of the molecule is CCOc1ccccc1N(C(=O)CNC(=O)c1cccs1)[C@@H](C(=O)NC(C)(C)C)c1ccccc1. The van der Waals surface area contributed by atoms with Gasteiger partial charge in [0.25, 0.3) is 5.91 Å². The van der Waals surface area contributed by atoms with Crippen molar-refractivity contribution in [2.24, 2.45) is 0 Å². The quantitative estimate of drug-likeness (QED) is 0.457. The minimum absolute atomic E-state index is 0.288. The molecular weight excluding hydrogens is 462 g/mol. The Morgan fingerprint density at radius 2 is 1.66 bits per heavy atom. The minimum Gasteiger partial charge on any atom is -0.492 e. The van der Waals surface area contributed by atoms with Crippen LogP contribution in [0.1, 0.15) is 49.0 Å². The third-order valence-corrected chi connectivity index (χ3v) is 5.83. The second kappa shape index (κ2) is 11.7. The Labute approximate surface area is 210 Å². The van der Waals surface area contributed by atoms with Crippen LogP contribution in [0.25, 0.3) is 0 Å². The molecule has 0 fully saturated rings. The third-order valence-electron chi connectivity index (χ3n) is 4.96. The Bertz CT molecular complexity index is 1140.